The third kappa shape index (κ3) is 2.42. The van der Waals surface area contributed by atoms with Crippen LogP contribution in [0.4, 0.5) is 0 Å². The number of carbonyl (C=O) groups is 1. The van der Waals surface area contributed by atoms with Crippen molar-refractivity contribution < 1.29 is 4.79 Å². The van der Waals surface area contributed by atoms with Gasteiger partial charge in [0.05, 0.1) is 5.92 Å². The molecule has 0 spiro atoms. The van der Waals surface area contributed by atoms with Crippen LogP contribution in [0.1, 0.15) is 58.3 Å². The number of hydrogen-bond acceptors (Lipinski definition) is 2. The summed E-state index contributed by atoms with van der Waals surface area (Å²) < 4.78 is 0. The number of fused-ring (bicyclic) bond motifs is 2. The van der Waals surface area contributed by atoms with E-state index >= 15 is 0 Å². The van der Waals surface area contributed by atoms with Gasteiger partial charge in [-0.25, -0.2) is 0 Å². The van der Waals surface area contributed by atoms with Gasteiger partial charge in [-0.15, -0.1) is 0 Å². The van der Waals surface area contributed by atoms with Crippen LogP contribution in [0.15, 0.2) is 0 Å². The van der Waals surface area contributed by atoms with E-state index in [9.17, 15) is 4.79 Å². The standard InChI is InChI=1S/C15H26N2O/c1-10(11-5-3-2-4-6-11)16-15(18)13-9-12-7-8-14(13)17-12/h10-14,17H,2-9H2,1H3,(H,16,18)/t10-,12?,13?,14?/m1/s1. The molecule has 1 amide bonds. The maximum atomic E-state index is 12.3. The predicted molar refractivity (Wildman–Crippen MR) is 72.2 cm³/mol. The van der Waals surface area contributed by atoms with E-state index < -0.39 is 0 Å². The first-order valence-corrected chi connectivity index (χ1v) is 7.80. The lowest BCUT2D eigenvalue weighted by Gasteiger charge is -2.30. The van der Waals surface area contributed by atoms with E-state index in [1.165, 1.54) is 44.9 Å². The number of carbonyl (C=O) groups excluding carboxylic acids is 1. The van der Waals surface area contributed by atoms with Crippen LogP contribution in [0.2, 0.25) is 0 Å². The summed E-state index contributed by atoms with van der Waals surface area (Å²) in [4.78, 5) is 12.3. The van der Waals surface area contributed by atoms with Crippen LogP contribution in [0.3, 0.4) is 0 Å². The van der Waals surface area contributed by atoms with Crippen molar-refractivity contribution in [2.75, 3.05) is 0 Å². The minimum atomic E-state index is 0.245. The quantitative estimate of drug-likeness (QED) is 0.806. The van der Waals surface area contributed by atoms with Gasteiger partial charge in [-0.05, 0) is 44.9 Å². The molecule has 3 nitrogen and oxygen atoms in total. The van der Waals surface area contributed by atoms with Gasteiger partial charge < -0.3 is 10.6 Å². The molecule has 0 aromatic heterocycles. The molecular formula is C15H26N2O. The zero-order chi connectivity index (χ0) is 12.5. The number of amides is 1. The van der Waals surface area contributed by atoms with Gasteiger partial charge in [0.25, 0.3) is 0 Å². The van der Waals surface area contributed by atoms with E-state index in [-0.39, 0.29) is 5.92 Å². The molecule has 2 bridgehead atoms. The first kappa shape index (κ1) is 12.5. The molecule has 3 heteroatoms. The lowest BCUT2D eigenvalue weighted by atomic mass is 9.83. The molecule has 1 saturated carbocycles. The first-order chi connectivity index (χ1) is 8.74. The van der Waals surface area contributed by atoms with Gasteiger partial charge >= 0.3 is 0 Å². The molecule has 2 N–H and O–H groups in total. The van der Waals surface area contributed by atoms with Crippen molar-refractivity contribution in [3.8, 4) is 0 Å². The highest BCUT2D eigenvalue weighted by atomic mass is 16.2. The van der Waals surface area contributed by atoms with Crippen molar-refractivity contribution in [2.45, 2.75) is 76.4 Å². The summed E-state index contributed by atoms with van der Waals surface area (Å²) in [6.45, 7) is 2.20. The molecular weight excluding hydrogens is 224 g/mol. The Morgan fingerprint density at radius 2 is 1.94 bits per heavy atom. The Balaban J connectivity index is 1.51. The molecule has 2 heterocycles. The minimum Gasteiger partial charge on any atom is -0.353 e. The Hall–Kier alpha value is -0.570. The lowest BCUT2D eigenvalue weighted by Crippen LogP contribution is -2.44. The maximum Gasteiger partial charge on any atom is 0.224 e. The van der Waals surface area contributed by atoms with Crippen molar-refractivity contribution in [1.82, 2.24) is 10.6 Å². The molecule has 18 heavy (non-hydrogen) atoms. The van der Waals surface area contributed by atoms with Crippen molar-refractivity contribution in [2.24, 2.45) is 11.8 Å². The second kappa shape index (κ2) is 5.20. The van der Waals surface area contributed by atoms with E-state index in [0.29, 0.717) is 30.0 Å². The number of nitrogens with one attached hydrogen (secondary N) is 2. The topological polar surface area (TPSA) is 41.1 Å². The number of rotatable bonds is 3. The van der Waals surface area contributed by atoms with Gasteiger partial charge in [-0.1, -0.05) is 19.3 Å². The zero-order valence-electron chi connectivity index (χ0n) is 11.5. The van der Waals surface area contributed by atoms with E-state index in [4.69, 9.17) is 0 Å². The number of hydrogen-bond donors (Lipinski definition) is 2. The summed E-state index contributed by atoms with van der Waals surface area (Å²) in [5, 5.41) is 6.85. The Morgan fingerprint density at radius 1 is 1.17 bits per heavy atom. The third-order valence-corrected chi connectivity index (χ3v) is 5.36. The molecule has 0 radical (unpaired) electrons. The van der Waals surface area contributed by atoms with Crippen LogP contribution in [-0.2, 0) is 4.79 Å². The summed E-state index contributed by atoms with van der Waals surface area (Å²) in [5.74, 6) is 1.27. The maximum absolute atomic E-state index is 12.3. The van der Waals surface area contributed by atoms with E-state index in [1.54, 1.807) is 0 Å². The van der Waals surface area contributed by atoms with E-state index in [2.05, 4.69) is 17.6 Å². The smallest absolute Gasteiger partial charge is 0.224 e. The molecule has 2 aliphatic heterocycles. The highest BCUT2D eigenvalue weighted by Gasteiger charge is 2.43. The molecule has 0 aromatic rings. The van der Waals surface area contributed by atoms with Crippen molar-refractivity contribution in [3.05, 3.63) is 0 Å². The first-order valence-electron chi connectivity index (χ1n) is 7.80. The van der Waals surface area contributed by atoms with Crippen LogP contribution in [0.5, 0.6) is 0 Å². The summed E-state index contributed by atoms with van der Waals surface area (Å²) in [7, 11) is 0. The Morgan fingerprint density at radius 3 is 2.56 bits per heavy atom. The fourth-order valence-electron chi connectivity index (χ4n) is 4.20. The van der Waals surface area contributed by atoms with Gasteiger partial charge in [0.2, 0.25) is 5.91 Å². The SMILES string of the molecule is C[C@@H](NC(=O)C1CC2CCC1N2)C1CCCCC1. The zero-order valence-corrected chi connectivity index (χ0v) is 11.5. The minimum absolute atomic E-state index is 0.245. The largest absolute Gasteiger partial charge is 0.353 e. The fourth-order valence-corrected chi connectivity index (χ4v) is 4.20. The summed E-state index contributed by atoms with van der Waals surface area (Å²) in [6.07, 6.45) is 10.2. The lowest BCUT2D eigenvalue weighted by molar-refractivity contribution is -0.126. The van der Waals surface area contributed by atoms with E-state index in [1.807, 2.05) is 0 Å². The van der Waals surface area contributed by atoms with Crippen LogP contribution < -0.4 is 10.6 Å². The molecule has 102 valence electrons. The highest BCUT2D eigenvalue weighted by Crippen LogP contribution is 2.34. The molecule has 3 aliphatic rings. The third-order valence-electron chi connectivity index (χ3n) is 5.36. The molecule has 3 unspecified atom stereocenters. The van der Waals surface area contributed by atoms with Gasteiger partial charge in [0.15, 0.2) is 0 Å². The molecule has 3 fully saturated rings. The Kier molecular flexibility index (Phi) is 3.60. The van der Waals surface area contributed by atoms with Crippen LogP contribution in [-0.4, -0.2) is 24.0 Å². The monoisotopic (exact) mass is 250 g/mol. The fraction of sp³-hybridized carbons (Fsp3) is 0.933. The summed E-state index contributed by atoms with van der Waals surface area (Å²) in [5.41, 5.74) is 0. The molecule has 3 rings (SSSR count). The Bertz CT molecular complexity index is 312. The normalized spacial score (nSPS) is 37.7. The Labute approximate surface area is 110 Å². The van der Waals surface area contributed by atoms with Crippen molar-refractivity contribution in [3.63, 3.8) is 0 Å². The summed E-state index contributed by atoms with van der Waals surface area (Å²) >= 11 is 0. The average Bonchev–Trinajstić information content (AvgIpc) is 3.02. The van der Waals surface area contributed by atoms with Gasteiger partial charge in [0, 0.05) is 18.1 Å². The van der Waals surface area contributed by atoms with Crippen molar-refractivity contribution in [1.29, 1.82) is 0 Å². The second-order valence-corrected chi connectivity index (χ2v) is 6.58. The molecule has 1 aliphatic carbocycles. The van der Waals surface area contributed by atoms with Crippen LogP contribution in [0.25, 0.3) is 0 Å². The van der Waals surface area contributed by atoms with Crippen LogP contribution in [0, 0.1) is 11.8 Å². The van der Waals surface area contributed by atoms with Gasteiger partial charge in [0.1, 0.15) is 0 Å². The van der Waals surface area contributed by atoms with Crippen molar-refractivity contribution >= 4 is 5.91 Å². The highest BCUT2D eigenvalue weighted by molar-refractivity contribution is 5.80. The van der Waals surface area contributed by atoms with Gasteiger partial charge in [-0.3, -0.25) is 4.79 Å². The molecule has 0 aromatic carbocycles. The predicted octanol–water partition coefficient (Wildman–Crippen LogP) is 2.21. The second-order valence-electron chi connectivity index (χ2n) is 6.58. The molecule has 4 atom stereocenters. The van der Waals surface area contributed by atoms with E-state index in [0.717, 1.165) is 6.42 Å². The molecule has 2 saturated heterocycles. The average molecular weight is 250 g/mol. The summed E-state index contributed by atoms with van der Waals surface area (Å²) in [6, 6.07) is 1.46. The van der Waals surface area contributed by atoms with Gasteiger partial charge in [-0.2, -0.15) is 0 Å². The van der Waals surface area contributed by atoms with Crippen LogP contribution >= 0.6 is 0 Å².